The Balaban J connectivity index is 1.37. The molecule has 2 bridgehead atoms. The SMILES string of the molecule is COc1ccc(NC2NCC3C(=O)N4C/C=C\CC[C@](C)(O)C5CCCC(N5)N4C3N2)cc1. The number of rotatable bonds is 3. The molecule has 4 aliphatic rings. The van der Waals surface area contributed by atoms with Crippen molar-refractivity contribution in [1.82, 2.24) is 26.0 Å². The number of fused-ring (bicyclic) bond motifs is 6. The molecule has 33 heavy (non-hydrogen) atoms. The Kier molecular flexibility index (Phi) is 6.32. The lowest BCUT2D eigenvalue weighted by atomic mass is 9.85. The Morgan fingerprint density at radius 2 is 2.00 bits per heavy atom. The Hall–Kier alpha value is -2.17. The zero-order valence-electron chi connectivity index (χ0n) is 19.5. The first kappa shape index (κ1) is 22.6. The molecule has 0 saturated carbocycles. The summed E-state index contributed by atoms with van der Waals surface area (Å²) in [6, 6.07) is 7.81. The standard InChI is InChI=1S/C24H36N6O3/c1-24(32)13-4-3-5-14-29-22(31)18-15-25-23(26-16-9-11-17(33-2)12-10-16)28-21(18)30(29)20-8-6-7-19(24)27-20/h3,5,9-12,18-21,23,25-28,32H,4,6-8,13-15H2,1-2H3/b5-3-/t18?,19?,20?,21?,23?,24-/m0/s1. The van der Waals surface area contributed by atoms with E-state index in [1.807, 2.05) is 36.2 Å². The lowest BCUT2D eigenvalue weighted by Gasteiger charge is -2.47. The van der Waals surface area contributed by atoms with Crippen molar-refractivity contribution in [2.24, 2.45) is 5.92 Å². The van der Waals surface area contributed by atoms with Gasteiger partial charge in [-0.25, -0.2) is 0 Å². The third-order valence-electron chi connectivity index (χ3n) is 7.49. The van der Waals surface area contributed by atoms with E-state index in [0.717, 1.165) is 37.1 Å². The van der Waals surface area contributed by atoms with Crippen LogP contribution in [0.1, 0.15) is 39.0 Å². The van der Waals surface area contributed by atoms with Crippen molar-refractivity contribution >= 4 is 11.6 Å². The smallest absolute Gasteiger partial charge is 0.244 e. The predicted octanol–water partition coefficient (Wildman–Crippen LogP) is 1.15. The summed E-state index contributed by atoms with van der Waals surface area (Å²) in [5, 5.41) is 29.5. The minimum Gasteiger partial charge on any atom is -0.497 e. The van der Waals surface area contributed by atoms with Gasteiger partial charge in [0.2, 0.25) is 5.91 Å². The van der Waals surface area contributed by atoms with Crippen LogP contribution in [0.5, 0.6) is 5.75 Å². The minimum atomic E-state index is -0.776. The van der Waals surface area contributed by atoms with Crippen LogP contribution in [-0.2, 0) is 4.79 Å². The fourth-order valence-electron chi connectivity index (χ4n) is 5.59. The molecule has 0 radical (unpaired) electrons. The van der Waals surface area contributed by atoms with Gasteiger partial charge in [0.25, 0.3) is 0 Å². The van der Waals surface area contributed by atoms with Gasteiger partial charge in [0.15, 0.2) is 0 Å². The zero-order chi connectivity index (χ0) is 23.0. The molecule has 9 heteroatoms. The highest BCUT2D eigenvalue weighted by atomic mass is 16.5. The van der Waals surface area contributed by atoms with E-state index in [0.29, 0.717) is 19.5 Å². The number of hydrogen-bond donors (Lipinski definition) is 5. The van der Waals surface area contributed by atoms with E-state index < -0.39 is 5.60 Å². The molecule has 0 spiro atoms. The fourth-order valence-corrected chi connectivity index (χ4v) is 5.59. The van der Waals surface area contributed by atoms with Crippen LogP contribution in [0.4, 0.5) is 5.69 Å². The van der Waals surface area contributed by atoms with Gasteiger partial charge in [-0.05, 0) is 63.3 Å². The van der Waals surface area contributed by atoms with E-state index in [-0.39, 0.29) is 36.5 Å². The van der Waals surface area contributed by atoms with Gasteiger partial charge in [0, 0.05) is 18.3 Å². The van der Waals surface area contributed by atoms with Crippen LogP contribution in [0.25, 0.3) is 0 Å². The van der Waals surface area contributed by atoms with Gasteiger partial charge >= 0.3 is 0 Å². The molecule has 4 heterocycles. The summed E-state index contributed by atoms with van der Waals surface area (Å²) < 4.78 is 5.25. The van der Waals surface area contributed by atoms with E-state index in [9.17, 15) is 9.90 Å². The lowest BCUT2D eigenvalue weighted by molar-refractivity contribution is -0.146. The van der Waals surface area contributed by atoms with Gasteiger partial charge in [-0.1, -0.05) is 12.2 Å². The number of nitrogens with zero attached hydrogens (tertiary/aromatic N) is 2. The van der Waals surface area contributed by atoms with Gasteiger partial charge in [-0.15, -0.1) is 0 Å². The van der Waals surface area contributed by atoms with Gasteiger partial charge < -0.3 is 15.2 Å². The molecular weight excluding hydrogens is 420 g/mol. The normalized spacial score (nSPS) is 38.1. The van der Waals surface area contributed by atoms with Crippen LogP contribution in [0.15, 0.2) is 36.4 Å². The number of hydrogen-bond acceptors (Lipinski definition) is 8. The lowest BCUT2D eigenvalue weighted by Crippen LogP contribution is -2.69. The average molecular weight is 457 g/mol. The maximum atomic E-state index is 13.4. The van der Waals surface area contributed by atoms with E-state index in [2.05, 4.69) is 38.4 Å². The van der Waals surface area contributed by atoms with Gasteiger partial charge in [0.1, 0.15) is 12.0 Å². The molecule has 6 atom stereocenters. The van der Waals surface area contributed by atoms with Crippen LogP contribution in [0.2, 0.25) is 0 Å². The van der Waals surface area contributed by atoms with Crippen molar-refractivity contribution in [2.45, 2.75) is 69.3 Å². The molecule has 0 aliphatic carbocycles. The first-order chi connectivity index (χ1) is 16.0. The van der Waals surface area contributed by atoms with Gasteiger partial charge in [-0.2, -0.15) is 5.01 Å². The van der Waals surface area contributed by atoms with E-state index in [1.54, 1.807) is 7.11 Å². The maximum absolute atomic E-state index is 13.4. The highest BCUT2D eigenvalue weighted by Crippen LogP contribution is 2.34. The summed E-state index contributed by atoms with van der Waals surface area (Å²) in [4.78, 5) is 13.4. The van der Waals surface area contributed by atoms with E-state index in [4.69, 9.17) is 4.74 Å². The van der Waals surface area contributed by atoms with Crippen molar-refractivity contribution in [1.29, 1.82) is 0 Å². The van der Waals surface area contributed by atoms with Crippen LogP contribution < -0.4 is 26.0 Å². The third kappa shape index (κ3) is 4.48. The Morgan fingerprint density at radius 1 is 1.18 bits per heavy atom. The third-order valence-corrected chi connectivity index (χ3v) is 7.49. The molecule has 1 amide bonds. The molecule has 4 aliphatic heterocycles. The molecule has 9 nitrogen and oxygen atoms in total. The molecule has 5 unspecified atom stereocenters. The highest BCUT2D eigenvalue weighted by Gasteiger charge is 2.52. The second-order valence-electron chi connectivity index (χ2n) is 9.77. The summed E-state index contributed by atoms with van der Waals surface area (Å²) in [7, 11) is 1.66. The molecule has 5 N–H and O–H groups in total. The van der Waals surface area contributed by atoms with Gasteiger partial charge in [-0.3, -0.25) is 25.8 Å². The molecule has 3 fully saturated rings. The first-order valence-electron chi connectivity index (χ1n) is 12.1. The number of carbonyl (C=O) groups excluding carboxylic acids is 1. The number of ether oxygens (including phenoxy) is 1. The van der Waals surface area contributed by atoms with Crippen molar-refractivity contribution in [3.63, 3.8) is 0 Å². The Morgan fingerprint density at radius 3 is 2.79 bits per heavy atom. The van der Waals surface area contributed by atoms with Crippen molar-refractivity contribution in [2.75, 3.05) is 25.5 Å². The molecule has 0 aromatic heterocycles. The van der Waals surface area contributed by atoms with Crippen molar-refractivity contribution < 1.29 is 14.6 Å². The average Bonchev–Trinajstić information content (AvgIpc) is 3.09. The largest absolute Gasteiger partial charge is 0.497 e. The number of nitrogens with one attached hydrogen (secondary N) is 4. The second kappa shape index (κ2) is 9.23. The van der Waals surface area contributed by atoms with E-state index >= 15 is 0 Å². The topological polar surface area (TPSA) is 101 Å². The van der Waals surface area contributed by atoms with Gasteiger partial charge in [0.05, 0.1) is 37.5 Å². The molecular formula is C24H36N6O3. The summed E-state index contributed by atoms with van der Waals surface area (Å²) in [5.41, 5.74) is 0.189. The minimum absolute atomic E-state index is 0.00656. The summed E-state index contributed by atoms with van der Waals surface area (Å²) in [5.74, 6) is 0.785. The molecule has 180 valence electrons. The summed E-state index contributed by atoms with van der Waals surface area (Å²) in [6.45, 7) is 3.08. The molecule has 5 rings (SSSR count). The first-order valence-corrected chi connectivity index (χ1v) is 12.1. The number of carbonyl (C=O) groups is 1. The van der Waals surface area contributed by atoms with Crippen molar-refractivity contribution in [3.05, 3.63) is 36.4 Å². The monoisotopic (exact) mass is 456 g/mol. The molecule has 1 aromatic rings. The number of benzene rings is 1. The fraction of sp³-hybridized carbons (Fsp3) is 0.625. The number of methoxy groups -OCH3 is 1. The van der Waals surface area contributed by atoms with Crippen LogP contribution in [0.3, 0.4) is 0 Å². The predicted molar refractivity (Wildman–Crippen MR) is 126 cm³/mol. The molecule has 1 aromatic carbocycles. The Labute approximate surface area is 195 Å². The van der Waals surface area contributed by atoms with Crippen LogP contribution >= 0.6 is 0 Å². The molecule has 3 saturated heterocycles. The van der Waals surface area contributed by atoms with Crippen LogP contribution in [0, 0.1) is 5.92 Å². The van der Waals surface area contributed by atoms with E-state index in [1.165, 1.54) is 0 Å². The number of piperidine rings is 1. The second-order valence-corrected chi connectivity index (χ2v) is 9.77. The summed E-state index contributed by atoms with van der Waals surface area (Å²) in [6.07, 6.45) is 8.26. The van der Waals surface area contributed by atoms with Crippen LogP contribution in [-0.4, -0.2) is 71.5 Å². The maximum Gasteiger partial charge on any atom is 0.244 e. The number of aliphatic hydroxyl groups is 1. The Bertz CT molecular complexity index is 875. The highest BCUT2D eigenvalue weighted by molar-refractivity contribution is 5.82. The number of amides is 1. The number of anilines is 1. The van der Waals surface area contributed by atoms with Crippen molar-refractivity contribution in [3.8, 4) is 5.75 Å². The number of hydrazine groups is 1. The zero-order valence-corrected chi connectivity index (χ0v) is 19.5. The number of allylic oxidation sites excluding steroid dienone is 1. The quantitative estimate of drug-likeness (QED) is 0.432. The summed E-state index contributed by atoms with van der Waals surface area (Å²) >= 11 is 0.